The fraction of sp³-hybridized carbons (Fsp3) is 0.556. The van der Waals surface area contributed by atoms with Crippen LogP contribution in [0.5, 0.6) is 0 Å². The van der Waals surface area contributed by atoms with Gasteiger partial charge in [0.2, 0.25) is 0 Å². The topological polar surface area (TPSA) is 9.23 Å². The summed E-state index contributed by atoms with van der Waals surface area (Å²) < 4.78 is 4.98. The van der Waals surface area contributed by atoms with Crippen molar-refractivity contribution in [3.05, 3.63) is 24.0 Å². The van der Waals surface area contributed by atoms with Gasteiger partial charge in [0.15, 0.2) is 0 Å². The molecule has 0 aliphatic heterocycles. The molecule has 54 valence electrons. The highest BCUT2D eigenvalue weighted by Gasteiger charge is 2.30. The Balaban J connectivity index is 2.16. The van der Waals surface area contributed by atoms with Crippen LogP contribution in [0.2, 0.25) is 0 Å². The summed E-state index contributed by atoms with van der Waals surface area (Å²) in [7, 11) is 1.72. The smallest absolute Gasteiger partial charge is 0.0822 e. The van der Waals surface area contributed by atoms with Gasteiger partial charge in [0.05, 0.1) is 13.4 Å². The molecule has 2 atom stereocenters. The fourth-order valence-corrected chi connectivity index (χ4v) is 1.94. The van der Waals surface area contributed by atoms with Crippen molar-refractivity contribution in [2.45, 2.75) is 12.8 Å². The van der Waals surface area contributed by atoms with E-state index in [0.29, 0.717) is 5.92 Å². The predicted octanol–water partition coefficient (Wildman–Crippen LogP) is 2.11. The first-order valence-electron chi connectivity index (χ1n) is 3.80. The summed E-state index contributed by atoms with van der Waals surface area (Å²) in [4.78, 5) is 0. The van der Waals surface area contributed by atoms with Crippen molar-refractivity contribution in [1.82, 2.24) is 0 Å². The van der Waals surface area contributed by atoms with Gasteiger partial charge in [0, 0.05) is 5.92 Å². The van der Waals surface area contributed by atoms with Crippen molar-refractivity contribution < 1.29 is 4.74 Å². The normalized spacial score (nSPS) is 39.5. The van der Waals surface area contributed by atoms with Crippen LogP contribution in [0.3, 0.4) is 0 Å². The van der Waals surface area contributed by atoms with E-state index in [4.69, 9.17) is 4.74 Å². The van der Waals surface area contributed by atoms with Crippen LogP contribution in [0.1, 0.15) is 12.8 Å². The Morgan fingerprint density at radius 1 is 1.60 bits per heavy atom. The number of ether oxygens (including phenoxy) is 1. The third-order valence-corrected chi connectivity index (χ3v) is 2.42. The van der Waals surface area contributed by atoms with Crippen LogP contribution >= 0.6 is 0 Å². The molecule has 1 nitrogen and oxygen atoms in total. The summed E-state index contributed by atoms with van der Waals surface area (Å²) in [5, 5.41) is 0. The minimum atomic E-state index is 0.713. The lowest BCUT2D eigenvalue weighted by molar-refractivity contribution is 0.330. The van der Waals surface area contributed by atoms with Crippen LogP contribution in [0.4, 0.5) is 0 Å². The number of methoxy groups -OCH3 is 1. The lowest BCUT2D eigenvalue weighted by Gasteiger charge is -2.05. The molecular formula is C9H12O. The van der Waals surface area contributed by atoms with Crippen LogP contribution < -0.4 is 0 Å². The van der Waals surface area contributed by atoms with E-state index in [1.807, 2.05) is 6.26 Å². The SMILES string of the molecule is CO/C=C1/CC2C=CC1C2. The van der Waals surface area contributed by atoms with Crippen molar-refractivity contribution in [2.75, 3.05) is 7.11 Å². The monoisotopic (exact) mass is 136 g/mol. The molecule has 0 aromatic carbocycles. The Hall–Kier alpha value is -0.720. The van der Waals surface area contributed by atoms with E-state index in [0.717, 1.165) is 5.92 Å². The summed E-state index contributed by atoms with van der Waals surface area (Å²) in [5.41, 5.74) is 1.48. The molecule has 2 bridgehead atoms. The van der Waals surface area contributed by atoms with E-state index >= 15 is 0 Å². The molecule has 0 aromatic rings. The lowest BCUT2D eigenvalue weighted by atomic mass is 10.0. The second-order valence-electron chi connectivity index (χ2n) is 3.12. The third-order valence-electron chi connectivity index (χ3n) is 2.42. The molecule has 2 rings (SSSR count). The highest BCUT2D eigenvalue weighted by atomic mass is 16.5. The average Bonchev–Trinajstić information content (AvgIpc) is 2.48. The zero-order chi connectivity index (χ0) is 6.97. The zero-order valence-electron chi connectivity index (χ0n) is 6.21. The number of fused-ring (bicyclic) bond motifs is 2. The molecule has 1 heteroatoms. The van der Waals surface area contributed by atoms with Crippen molar-refractivity contribution in [3.63, 3.8) is 0 Å². The zero-order valence-corrected chi connectivity index (χ0v) is 6.21. The molecule has 2 aliphatic carbocycles. The van der Waals surface area contributed by atoms with Gasteiger partial charge in [-0.15, -0.1) is 0 Å². The Labute approximate surface area is 61.4 Å². The lowest BCUT2D eigenvalue weighted by Crippen LogP contribution is -1.92. The van der Waals surface area contributed by atoms with Crippen LogP contribution in [-0.2, 0) is 4.74 Å². The second-order valence-corrected chi connectivity index (χ2v) is 3.12. The number of allylic oxidation sites excluding steroid dienone is 3. The summed E-state index contributed by atoms with van der Waals surface area (Å²) in [5.74, 6) is 1.54. The maximum atomic E-state index is 4.98. The van der Waals surface area contributed by atoms with E-state index < -0.39 is 0 Å². The molecule has 0 heterocycles. The van der Waals surface area contributed by atoms with Gasteiger partial charge in [-0.25, -0.2) is 0 Å². The Morgan fingerprint density at radius 2 is 2.50 bits per heavy atom. The summed E-state index contributed by atoms with van der Waals surface area (Å²) in [6, 6.07) is 0. The van der Waals surface area contributed by atoms with E-state index in [9.17, 15) is 0 Å². The molecule has 0 aromatic heterocycles. The third kappa shape index (κ3) is 0.772. The Bertz CT molecular complexity index is 191. The Morgan fingerprint density at radius 3 is 3.00 bits per heavy atom. The average molecular weight is 136 g/mol. The van der Waals surface area contributed by atoms with E-state index in [1.165, 1.54) is 18.4 Å². The summed E-state index contributed by atoms with van der Waals surface area (Å²) >= 11 is 0. The van der Waals surface area contributed by atoms with Gasteiger partial charge in [-0.2, -0.15) is 0 Å². The molecule has 0 spiro atoms. The van der Waals surface area contributed by atoms with E-state index in [2.05, 4.69) is 12.2 Å². The van der Waals surface area contributed by atoms with Crippen LogP contribution in [0.15, 0.2) is 24.0 Å². The molecule has 0 amide bonds. The van der Waals surface area contributed by atoms with Crippen molar-refractivity contribution in [1.29, 1.82) is 0 Å². The number of rotatable bonds is 1. The van der Waals surface area contributed by atoms with E-state index in [1.54, 1.807) is 7.11 Å². The molecule has 0 radical (unpaired) electrons. The minimum Gasteiger partial charge on any atom is -0.504 e. The maximum Gasteiger partial charge on any atom is 0.0822 e. The van der Waals surface area contributed by atoms with Gasteiger partial charge in [-0.1, -0.05) is 12.2 Å². The molecule has 10 heavy (non-hydrogen) atoms. The molecular weight excluding hydrogens is 124 g/mol. The van der Waals surface area contributed by atoms with E-state index in [-0.39, 0.29) is 0 Å². The standard InChI is InChI=1S/C9H12O/c1-10-6-9-5-7-2-3-8(9)4-7/h2-3,6-8H,4-5H2,1H3/b9-6-. The minimum absolute atomic E-state index is 0.713. The van der Waals surface area contributed by atoms with Crippen LogP contribution in [0.25, 0.3) is 0 Å². The number of hydrogen-bond acceptors (Lipinski definition) is 1. The largest absolute Gasteiger partial charge is 0.504 e. The fourth-order valence-electron chi connectivity index (χ4n) is 1.94. The molecule has 1 saturated carbocycles. The van der Waals surface area contributed by atoms with Crippen molar-refractivity contribution in [3.8, 4) is 0 Å². The molecule has 2 aliphatic rings. The maximum absolute atomic E-state index is 4.98. The van der Waals surface area contributed by atoms with Gasteiger partial charge < -0.3 is 4.74 Å². The van der Waals surface area contributed by atoms with Gasteiger partial charge in [0.25, 0.3) is 0 Å². The van der Waals surface area contributed by atoms with Gasteiger partial charge in [0.1, 0.15) is 0 Å². The van der Waals surface area contributed by atoms with Crippen LogP contribution in [-0.4, -0.2) is 7.11 Å². The molecule has 2 unspecified atom stereocenters. The quantitative estimate of drug-likeness (QED) is 0.396. The van der Waals surface area contributed by atoms with Gasteiger partial charge in [-0.05, 0) is 24.3 Å². The highest BCUT2D eigenvalue weighted by Crippen LogP contribution is 2.42. The molecule has 1 fully saturated rings. The summed E-state index contributed by atoms with van der Waals surface area (Å²) in [6.07, 6.45) is 9.11. The molecule has 0 saturated heterocycles. The second kappa shape index (κ2) is 2.15. The highest BCUT2D eigenvalue weighted by molar-refractivity contribution is 5.25. The first kappa shape index (κ1) is 6.02. The van der Waals surface area contributed by atoms with Crippen molar-refractivity contribution >= 4 is 0 Å². The first-order valence-corrected chi connectivity index (χ1v) is 3.80. The predicted molar refractivity (Wildman–Crippen MR) is 40.4 cm³/mol. The summed E-state index contributed by atoms with van der Waals surface area (Å²) in [6.45, 7) is 0. The molecule has 0 N–H and O–H groups in total. The first-order chi connectivity index (χ1) is 4.90. The Kier molecular flexibility index (Phi) is 1.30. The van der Waals surface area contributed by atoms with Gasteiger partial charge in [-0.3, -0.25) is 0 Å². The number of hydrogen-bond donors (Lipinski definition) is 0. The van der Waals surface area contributed by atoms with Gasteiger partial charge >= 0.3 is 0 Å². The van der Waals surface area contributed by atoms with Crippen LogP contribution in [0, 0.1) is 11.8 Å². The van der Waals surface area contributed by atoms with Crippen molar-refractivity contribution in [2.24, 2.45) is 11.8 Å².